The van der Waals surface area contributed by atoms with Crippen LogP contribution in [0.4, 0.5) is 4.39 Å². The first kappa shape index (κ1) is 18.3. The third-order valence-corrected chi connectivity index (χ3v) is 5.22. The number of carbonyl (C=O) groups is 2. The lowest BCUT2D eigenvalue weighted by atomic mass is 9.95. The van der Waals surface area contributed by atoms with E-state index in [1.165, 1.54) is 23.5 Å². The van der Waals surface area contributed by atoms with Crippen LogP contribution in [0.1, 0.15) is 35.7 Å². The summed E-state index contributed by atoms with van der Waals surface area (Å²) in [6.45, 7) is -0.317. The number of rotatable bonds is 6. The zero-order chi connectivity index (χ0) is 18.4. The number of esters is 1. The molecular weight excluding hydrogens is 353 g/mol. The van der Waals surface area contributed by atoms with Gasteiger partial charge in [0.05, 0.1) is 12.0 Å². The van der Waals surface area contributed by atoms with Gasteiger partial charge in [-0.3, -0.25) is 9.59 Å². The summed E-state index contributed by atoms with van der Waals surface area (Å²) in [5.74, 6) is -1.22. The van der Waals surface area contributed by atoms with Gasteiger partial charge < -0.3 is 10.1 Å². The fraction of sp³-hybridized carbons (Fsp3) is 0.300. The summed E-state index contributed by atoms with van der Waals surface area (Å²) in [6.07, 6.45) is 6.29. The maximum atomic E-state index is 13.2. The minimum Gasteiger partial charge on any atom is -0.455 e. The Balaban J connectivity index is 1.61. The summed E-state index contributed by atoms with van der Waals surface area (Å²) in [7, 11) is 0. The number of nitrogens with one attached hydrogen (secondary N) is 1. The van der Waals surface area contributed by atoms with E-state index in [-0.39, 0.29) is 30.2 Å². The van der Waals surface area contributed by atoms with Crippen molar-refractivity contribution in [2.75, 3.05) is 6.61 Å². The lowest BCUT2D eigenvalue weighted by Gasteiger charge is -2.19. The summed E-state index contributed by atoms with van der Waals surface area (Å²) >= 11 is 1.50. The molecule has 1 aliphatic carbocycles. The number of thiophene rings is 1. The molecule has 1 aliphatic rings. The summed E-state index contributed by atoms with van der Waals surface area (Å²) in [5.41, 5.74) is 0.769. The van der Waals surface area contributed by atoms with E-state index in [0.717, 1.165) is 23.3 Å². The molecule has 1 aromatic heterocycles. The van der Waals surface area contributed by atoms with Crippen LogP contribution < -0.4 is 5.32 Å². The van der Waals surface area contributed by atoms with Crippen molar-refractivity contribution >= 4 is 23.2 Å². The zero-order valence-corrected chi connectivity index (χ0v) is 15.0. The van der Waals surface area contributed by atoms with Gasteiger partial charge in [-0.25, -0.2) is 4.39 Å². The van der Waals surface area contributed by atoms with Gasteiger partial charge in [0, 0.05) is 4.88 Å². The van der Waals surface area contributed by atoms with Gasteiger partial charge in [0.1, 0.15) is 5.82 Å². The topological polar surface area (TPSA) is 55.4 Å². The molecule has 0 unspecified atom stereocenters. The van der Waals surface area contributed by atoms with Crippen molar-refractivity contribution < 1.29 is 18.7 Å². The predicted molar refractivity (Wildman–Crippen MR) is 98.1 cm³/mol. The Labute approximate surface area is 155 Å². The van der Waals surface area contributed by atoms with Crippen LogP contribution in [0.5, 0.6) is 0 Å². The number of amides is 1. The van der Waals surface area contributed by atoms with Crippen LogP contribution in [0.3, 0.4) is 0 Å². The van der Waals surface area contributed by atoms with Crippen LogP contribution in [0.15, 0.2) is 53.9 Å². The SMILES string of the molecule is O=C(COC(=O)[C@H]1CC=CCC1)N[C@H](c1ccc(F)cc1)c1cccs1. The molecule has 0 saturated carbocycles. The standard InChI is InChI=1S/C20H20FNO3S/c21-16-10-8-14(9-11-16)19(17-7-4-12-26-17)22-18(23)13-25-20(24)15-5-2-1-3-6-15/h1-2,4,7-12,15,19H,3,5-6,13H2,(H,22,23)/t15-,19+/m0/s1. The van der Waals surface area contributed by atoms with E-state index in [9.17, 15) is 14.0 Å². The third kappa shape index (κ3) is 4.79. The van der Waals surface area contributed by atoms with E-state index >= 15 is 0 Å². The van der Waals surface area contributed by atoms with Crippen molar-refractivity contribution in [2.24, 2.45) is 5.92 Å². The first-order valence-corrected chi connectivity index (χ1v) is 9.41. The highest BCUT2D eigenvalue weighted by Gasteiger charge is 2.22. The summed E-state index contributed by atoms with van der Waals surface area (Å²) < 4.78 is 18.4. The van der Waals surface area contributed by atoms with E-state index in [1.807, 2.05) is 29.7 Å². The van der Waals surface area contributed by atoms with Crippen molar-refractivity contribution in [3.63, 3.8) is 0 Å². The van der Waals surface area contributed by atoms with Gasteiger partial charge in [-0.15, -0.1) is 11.3 Å². The molecule has 136 valence electrons. The van der Waals surface area contributed by atoms with Crippen LogP contribution >= 0.6 is 11.3 Å². The molecule has 4 nitrogen and oxygen atoms in total. The van der Waals surface area contributed by atoms with Crippen LogP contribution in [-0.2, 0) is 14.3 Å². The molecule has 0 bridgehead atoms. The lowest BCUT2D eigenvalue weighted by Crippen LogP contribution is -2.33. The van der Waals surface area contributed by atoms with Gasteiger partial charge in [0.2, 0.25) is 0 Å². The smallest absolute Gasteiger partial charge is 0.309 e. The molecular formula is C20H20FNO3S. The molecule has 0 aliphatic heterocycles. The van der Waals surface area contributed by atoms with Gasteiger partial charge in [-0.05, 0) is 48.4 Å². The molecule has 0 radical (unpaired) electrons. The minimum atomic E-state index is -0.403. The fourth-order valence-corrected chi connectivity index (χ4v) is 3.70. The minimum absolute atomic E-state index is 0.169. The van der Waals surface area contributed by atoms with Crippen molar-refractivity contribution in [3.05, 3.63) is 70.2 Å². The quantitative estimate of drug-likeness (QED) is 0.615. The molecule has 26 heavy (non-hydrogen) atoms. The van der Waals surface area contributed by atoms with Gasteiger partial charge in [0.15, 0.2) is 6.61 Å². The number of allylic oxidation sites excluding steroid dienone is 2. The molecule has 3 rings (SSSR count). The van der Waals surface area contributed by atoms with Crippen LogP contribution in [0.2, 0.25) is 0 Å². The van der Waals surface area contributed by atoms with Crippen molar-refractivity contribution in [2.45, 2.75) is 25.3 Å². The largest absolute Gasteiger partial charge is 0.455 e. The average molecular weight is 373 g/mol. The van der Waals surface area contributed by atoms with Gasteiger partial charge in [-0.1, -0.05) is 30.4 Å². The molecule has 1 N–H and O–H groups in total. The summed E-state index contributed by atoms with van der Waals surface area (Å²) in [4.78, 5) is 25.3. The van der Waals surface area contributed by atoms with Crippen LogP contribution in [0, 0.1) is 11.7 Å². The second-order valence-electron chi connectivity index (χ2n) is 6.16. The van der Waals surface area contributed by atoms with Crippen molar-refractivity contribution in [3.8, 4) is 0 Å². The molecule has 1 aromatic carbocycles. The molecule has 0 spiro atoms. The molecule has 2 atom stereocenters. The number of hydrogen-bond donors (Lipinski definition) is 1. The average Bonchev–Trinajstić information content (AvgIpc) is 3.20. The highest BCUT2D eigenvalue weighted by atomic mass is 32.1. The maximum Gasteiger partial charge on any atom is 0.309 e. The van der Waals surface area contributed by atoms with E-state index < -0.39 is 6.04 Å². The maximum absolute atomic E-state index is 13.2. The highest BCUT2D eigenvalue weighted by molar-refractivity contribution is 7.10. The number of benzene rings is 1. The van der Waals surface area contributed by atoms with Gasteiger partial charge >= 0.3 is 5.97 Å². The highest BCUT2D eigenvalue weighted by Crippen LogP contribution is 2.26. The number of carbonyl (C=O) groups excluding carboxylic acids is 2. The Morgan fingerprint density at radius 3 is 2.69 bits per heavy atom. The molecule has 1 heterocycles. The van der Waals surface area contributed by atoms with Crippen LogP contribution in [0.25, 0.3) is 0 Å². The van der Waals surface area contributed by atoms with Gasteiger partial charge in [0.25, 0.3) is 5.91 Å². The molecule has 0 fully saturated rings. The van der Waals surface area contributed by atoms with E-state index in [4.69, 9.17) is 4.74 Å². The normalized spacial score (nSPS) is 17.5. The summed E-state index contributed by atoms with van der Waals surface area (Å²) in [6, 6.07) is 9.39. The van der Waals surface area contributed by atoms with E-state index in [2.05, 4.69) is 5.32 Å². The number of ether oxygens (including phenoxy) is 1. The monoisotopic (exact) mass is 373 g/mol. The van der Waals surface area contributed by atoms with E-state index in [1.54, 1.807) is 12.1 Å². The number of halogens is 1. The van der Waals surface area contributed by atoms with E-state index in [0.29, 0.717) is 6.42 Å². The Hall–Kier alpha value is -2.47. The molecule has 1 amide bonds. The van der Waals surface area contributed by atoms with Crippen LogP contribution in [-0.4, -0.2) is 18.5 Å². The Morgan fingerprint density at radius 1 is 1.23 bits per heavy atom. The summed E-state index contributed by atoms with van der Waals surface area (Å²) in [5, 5.41) is 4.78. The Morgan fingerprint density at radius 2 is 2.04 bits per heavy atom. The van der Waals surface area contributed by atoms with Crippen molar-refractivity contribution in [1.82, 2.24) is 5.32 Å². The third-order valence-electron chi connectivity index (χ3n) is 4.28. The second kappa shape index (κ2) is 8.76. The molecule has 6 heteroatoms. The first-order chi connectivity index (χ1) is 12.6. The van der Waals surface area contributed by atoms with Gasteiger partial charge in [-0.2, -0.15) is 0 Å². The lowest BCUT2D eigenvalue weighted by molar-refractivity contribution is -0.153. The number of hydrogen-bond acceptors (Lipinski definition) is 4. The predicted octanol–water partition coefficient (Wildman–Crippen LogP) is 3.99. The van der Waals surface area contributed by atoms with Crippen molar-refractivity contribution in [1.29, 1.82) is 0 Å². The Bertz CT molecular complexity index is 771. The Kier molecular flexibility index (Phi) is 6.17. The molecule has 2 aromatic rings. The zero-order valence-electron chi connectivity index (χ0n) is 14.2. The first-order valence-electron chi connectivity index (χ1n) is 8.53. The molecule has 0 saturated heterocycles. The second-order valence-corrected chi connectivity index (χ2v) is 7.14. The fourth-order valence-electron chi connectivity index (χ4n) is 2.89.